The number of fused-ring (bicyclic) bond motifs is 5. The zero-order valence-electron chi connectivity index (χ0n) is 22.2. The van der Waals surface area contributed by atoms with E-state index in [0.29, 0.717) is 46.9 Å². The number of thiazole rings is 1. The van der Waals surface area contributed by atoms with E-state index in [9.17, 15) is 9.90 Å². The summed E-state index contributed by atoms with van der Waals surface area (Å²) >= 11 is 1.53. The molecule has 5 atom stereocenters. The molecule has 3 unspecified atom stereocenters. The monoisotopic (exact) mass is 507 g/mol. The highest BCUT2D eigenvalue weighted by molar-refractivity contribution is 7.15. The lowest BCUT2D eigenvalue weighted by Gasteiger charge is -2.50. The normalized spacial score (nSPS) is 30.2. The largest absolute Gasteiger partial charge is 0.508 e. The minimum Gasteiger partial charge on any atom is -0.508 e. The number of anilines is 1. The van der Waals surface area contributed by atoms with Gasteiger partial charge in [0.2, 0.25) is 5.91 Å². The number of aromatic nitrogens is 1. The van der Waals surface area contributed by atoms with Gasteiger partial charge in [0, 0.05) is 35.2 Å². The molecule has 194 valence electrons. The predicted octanol–water partition coefficient (Wildman–Crippen LogP) is 7.15. The molecular formula is C30H41N3O2S. The highest BCUT2D eigenvalue weighted by Crippen LogP contribution is 2.62. The van der Waals surface area contributed by atoms with Crippen LogP contribution >= 0.6 is 11.3 Å². The molecule has 5 nitrogen and oxygen atoms in total. The van der Waals surface area contributed by atoms with E-state index >= 15 is 0 Å². The van der Waals surface area contributed by atoms with E-state index in [1.54, 1.807) is 6.20 Å². The molecule has 2 aromatic rings. The van der Waals surface area contributed by atoms with Gasteiger partial charge in [0.05, 0.1) is 0 Å². The van der Waals surface area contributed by atoms with E-state index in [4.69, 9.17) is 4.99 Å². The van der Waals surface area contributed by atoms with E-state index in [0.717, 1.165) is 37.1 Å². The molecule has 3 aliphatic rings. The van der Waals surface area contributed by atoms with Crippen LogP contribution in [0, 0.1) is 36.0 Å². The number of carbonyl (C=O) groups excluding carboxylic acids is 1. The fraction of sp³-hybridized carbons (Fsp3) is 0.633. The van der Waals surface area contributed by atoms with Crippen molar-refractivity contribution in [2.24, 2.45) is 34.1 Å². The molecule has 36 heavy (non-hydrogen) atoms. The Labute approximate surface area is 219 Å². The van der Waals surface area contributed by atoms with Crippen molar-refractivity contribution in [2.45, 2.75) is 85.0 Å². The SMILES string of the molecule is Cc1cnc(NC(=O)CCC[C@@H]2C/C(=N\CC(C)C)[C@@]3(C)CCC4c5ccc(O)cc5CCC4C23)s1. The lowest BCUT2D eigenvalue weighted by molar-refractivity contribution is -0.116. The molecule has 1 amide bonds. The molecular weight excluding hydrogens is 466 g/mol. The summed E-state index contributed by atoms with van der Waals surface area (Å²) in [5.74, 6) is 3.48. The number of hydrogen-bond acceptors (Lipinski definition) is 5. The molecule has 1 heterocycles. The van der Waals surface area contributed by atoms with Gasteiger partial charge in [-0.3, -0.25) is 9.79 Å². The van der Waals surface area contributed by atoms with Crippen molar-refractivity contribution in [1.82, 2.24) is 4.98 Å². The second-order valence-electron chi connectivity index (χ2n) is 12.0. The summed E-state index contributed by atoms with van der Waals surface area (Å²) in [6.07, 6.45) is 10.1. The van der Waals surface area contributed by atoms with Gasteiger partial charge in [-0.25, -0.2) is 4.98 Å². The third-order valence-corrected chi connectivity index (χ3v) is 9.91. The van der Waals surface area contributed by atoms with Gasteiger partial charge in [0.15, 0.2) is 5.13 Å². The van der Waals surface area contributed by atoms with Crippen molar-refractivity contribution >= 4 is 28.1 Å². The first-order chi connectivity index (χ1) is 17.2. The standard InChI is InChI=1S/C30H41N3O2S/c1-18(2)16-31-26-15-21(6-5-7-27(35)33-29-32-17-19(3)36-29)28-25-10-8-20-14-22(34)9-11-23(20)24(25)12-13-30(26,28)4/h9,11,14,17-18,21,24-25,28,34H,5-8,10,12-13,15-16H2,1-4H3,(H,32,33,35)/b31-26+/t21-,24?,25?,28?,30-/m1/s1. The second-order valence-corrected chi connectivity index (χ2v) is 13.3. The average molecular weight is 508 g/mol. The van der Waals surface area contributed by atoms with Crippen LogP contribution in [0.2, 0.25) is 0 Å². The third-order valence-electron chi connectivity index (χ3n) is 9.08. The Bertz CT molecular complexity index is 1140. The Morgan fingerprint density at radius 2 is 2.17 bits per heavy atom. The van der Waals surface area contributed by atoms with Gasteiger partial charge in [-0.2, -0.15) is 0 Å². The molecule has 0 saturated heterocycles. The van der Waals surface area contributed by atoms with Crippen LogP contribution in [0.5, 0.6) is 5.75 Å². The molecule has 3 aliphatic carbocycles. The number of nitrogens with zero attached hydrogens (tertiary/aromatic N) is 2. The summed E-state index contributed by atoms with van der Waals surface area (Å²) in [6, 6.07) is 6.05. The summed E-state index contributed by atoms with van der Waals surface area (Å²) in [7, 11) is 0. The third kappa shape index (κ3) is 4.98. The topological polar surface area (TPSA) is 74.6 Å². The van der Waals surface area contributed by atoms with E-state index in [-0.39, 0.29) is 11.3 Å². The van der Waals surface area contributed by atoms with Gasteiger partial charge in [0.25, 0.3) is 0 Å². The van der Waals surface area contributed by atoms with Gasteiger partial charge in [-0.1, -0.05) is 26.8 Å². The van der Waals surface area contributed by atoms with Crippen LogP contribution in [0.15, 0.2) is 29.4 Å². The fourth-order valence-electron chi connectivity index (χ4n) is 7.57. The van der Waals surface area contributed by atoms with Crippen molar-refractivity contribution in [1.29, 1.82) is 0 Å². The molecule has 2 fully saturated rings. The van der Waals surface area contributed by atoms with Crippen LogP contribution in [0.4, 0.5) is 5.13 Å². The fourth-order valence-corrected chi connectivity index (χ4v) is 8.25. The number of phenolic OH excluding ortho intramolecular Hbond substituents is 1. The quantitative estimate of drug-likeness (QED) is 0.418. The van der Waals surface area contributed by atoms with Crippen LogP contribution in [0.25, 0.3) is 0 Å². The molecule has 1 aromatic carbocycles. The lowest BCUT2D eigenvalue weighted by Crippen LogP contribution is -2.44. The zero-order valence-corrected chi connectivity index (χ0v) is 23.0. The van der Waals surface area contributed by atoms with E-state index in [1.807, 2.05) is 19.1 Å². The summed E-state index contributed by atoms with van der Waals surface area (Å²) in [4.78, 5) is 23.2. The number of aryl methyl sites for hydroxylation is 2. The highest BCUT2D eigenvalue weighted by Gasteiger charge is 2.57. The van der Waals surface area contributed by atoms with Crippen LogP contribution < -0.4 is 5.32 Å². The van der Waals surface area contributed by atoms with Crippen molar-refractivity contribution < 1.29 is 9.90 Å². The summed E-state index contributed by atoms with van der Waals surface area (Å²) < 4.78 is 0. The number of amides is 1. The summed E-state index contributed by atoms with van der Waals surface area (Å²) in [6.45, 7) is 9.92. The number of phenols is 1. The molecule has 0 aliphatic heterocycles. The Morgan fingerprint density at radius 3 is 2.92 bits per heavy atom. The number of nitrogens with one attached hydrogen (secondary N) is 1. The Kier molecular flexibility index (Phi) is 7.26. The van der Waals surface area contributed by atoms with E-state index < -0.39 is 0 Å². The number of aromatic hydroxyl groups is 1. The highest BCUT2D eigenvalue weighted by atomic mass is 32.1. The second kappa shape index (κ2) is 10.3. The maximum Gasteiger partial charge on any atom is 0.226 e. The molecule has 2 N–H and O–H groups in total. The first-order valence-corrected chi connectivity index (χ1v) is 14.6. The Hall–Kier alpha value is -2.21. The van der Waals surface area contributed by atoms with E-state index in [2.05, 4.69) is 37.1 Å². The molecule has 5 rings (SSSR count). The summed E-state index contributed by atoms with van der Waals surface area (Å²) in [5, 5.41) is 13.7. The van der Waals surface area contributed by atoms with Crippen molar-refractivity contribution in [3.63, 3.8) is 0 Å². The molecule has 0 radical (unpaired) electrons. The smallest absolute Gasteiger partial charge is 0.226 e. The van der Waals surface area contributed by atoms with Crippen molar-refractivity contribution in [2.75, 3.05) is 11.9 Å². The minimum absolute atomic E-state index is 0.0757. The van der Waals surface area contributed by atoms with Gasteiger partial charge >= 0.3 is 0 Å². The van der Waals surface area contributed by atoms with Crippen LogP contribution in [-0.4, -0.2) is 28.3 Å². The van der Waals surface area contributed by atoms with Gasteiger partial charge in [-0.05, 0) is 105 Å². The van der Waals surface area contributed by atoms with Crippen LogP contribution in [-0.2, 0) is 11.2 Å². The Morgan fingerprint density at radius 1 is 1.33 bits per heavy atom. The molecule has 0 spiro atoms. The number of aliphatic imine (C=N–C) groups is 1. The molecule has 6 heteroatoms. The zero-order chi connectivity index (χ0) is 25.4. The lowest BCUT2D eigenvalue weighted by atomic mass is 9.54. The van der Waals surface area contributed by atoms with Crippen molar-refractivity contribution in [3.05, 3.63) is 40.4 Å². The van der Waals surface area contributed by atoms with Crippen molar-refractivity contribution in [3.8, 4) is 5.75 Å². The van der Waals surface area contributed by atoms with E-state index in [1.165, 1.54) is 47.4 Å². The maximum absolute atomic E-state index is 12.6. The van der Waals surface area contributed by atoms with Gasteiger partial charge in [0.1, 0.15) is 5.75 Å². The maximum atomic E-state index is 12.6. The number of rotatable bonds is 7. The average Bonchev–Trinajstić information content (AvgIpc) is 3.36. The van der Waals surface area contributed by atoms with Crippen LogP contribution in [0.1, 0.15) is 87.6 Å². The van der Waals surface area contributed by atoms with Gasteiger partial charge < -0.3 is 10.4 Å². The number of carbonyl (C=O) groups is 1. The number of hydrogen-bond donors (Lipinski definition) is 2. The number of benzene rings is 1. The Balaban J connectivity index is 1.33. The summed E-state index contributed by atoms with van der Waals surface area (Å²) in [5.41, 5.74) is 4.44. The molecule has 0 bridgehead atoms. The predicted molar refractivity (Wildman–Crippen MR) is 148 cm³/mol. The van der Waals surface area contributed by atoms with Crippen LogP contribution in [0.3, 0.4) is 0 Å². The van der Waals surface area contributed by atoms with Gasteiger partial charge in [-0.15, -0.1) is 11.3 Å². The molecule has 1 aromatic heterocycles. The molecule has 2 saturated carbocycles. The first-order valence-electron chi connectivity index (χ1n) is 13.8. The minimum atomic E-state index is 0.0757. The first kappa shape index (κ1) is 25.4.